The minimum atomic E-state index is 0.0310. The molecule has 0 aliphatic heterocycles. The summed E-state index contributed by atoms with van der Waals surface area (Å²) in [5.41, 5.74) is 8.08. The molecule has 108 valence electrons. The molecule has 2 rings (SSSR count). The third-order valence-corrected chi connectivity index (χ3v) is 4.09. The van der Waals surface area contributed by atoms with Crippen LogP contribution in [0.15, 0.2) is 24.4 Å². The molecule has 4 heteroatoms. The van der Waals surface area contributed by atoms with Crippen LogP contribution in [-0.4, -0.2) is 28.9 Å². The molecule has 1 heterocycles. The van der Waals surface area contributed by atoms with Crippen LogP contribution in [0.1, 0.15) is 38.1 Å². The van der Waals surface area contributed by atoms with E-state index in [1.807, 2.05) is 25.2 Å². The first kappa shape index (κ1) is 14.4. The third-order valence-electron chi connectivity index (χ3n) is 4.09. The molecule has 2 aromatic rings. The highest BCUT2D eigenvalue weighted by Gasteiger charge is 2.28. The number of benzene rings is 1. The highest BCUT2D eigenvalue weighted by molar-refractivity contribution is 6.07. The lowest BCUT2D eigenvalue weighted by Crippen LogP contribution is -2.42. The molecule has 1 unspecified atom stereocenters. The summed E-state index contributed by atoms with van der Waals surface area (Å²) in [6.07, 6.45) is 1.76. The van der Waals surface area contributed by atoms with Crippen molar-refractivity contribution in [2.75, 3.05) is 12.8 Å². The molecule has 0 aliphatic rings. The number of aromatic amines is 1. The summed E-state index contributed by atoms with van der Waals surface area (Å²) < 4.78 is 0. The highest BCUT2D eigenvalue weighted by Crippen LogP contribution is 2.27. The zero-order valence-electron chi connectivity index (χ0n) is 12.8. The standard InChI is InChI=1S/C16H23N3O/c1-10(16(2,3)4)19(5)15(20)13-9-18-14-8-11(17)6-7-12(13)14/h6-10,18H,17H2,1-5H3. The number of nitrogen functional groups attached to an aromatic ring is 1. The number of H-pyrrole nitrogens is 1. The van der Waals surface area contributed by atoms with E-state index < -0.39 is 0 Å². The smallest absolute Gasteiger partial charge is 0.256 e. The average molecular weight is 273 g/mol. The van der Waals surface area contributed by atoms with Gasteiger partial charge in [0, 0.05) is 35.9 Å². The lowest BCUT2D eigenvalue weighted by atomic mass is 9.87. The summed E-state index contributed by atoms with van der Waals surface area (Å²) in [6.45, 7) is 8.48. The van der Waals surface area contributed by atoms with Gasteiger partial charge in [-0.3, -0.25) is 4.79 Å². The number of aromatic nitrogens is 1. The van der Waals surface area contributed by atoms with Gasteiger partial charge in [-0.2, -0.15) is 0 Å². The molecule has 0 fully saturated rings. The number of carbonyl (C=O) groups is 1. The molecular weight excluding hydrogens is 250 g/mol. The summed E-state index contributed by atoms with van der Waals surface area (Å²) in [7, 11) is 1.86. The average Bonchev–Trinajstić information content (AvgIpc) is 2.77. The second-order valence-corrected chi connectivity index (χ2v) is 6.47. The maximum Gasteiger partial charge on any atom is 0.256 e. The lowest BCUT2D eigenvalue weighted by Gasteiger charge is -2.35. The van der Waals surface area contributed by atoms with E-state index in [1.54, 1.807) is 11.1 Å². The molecule has 3 N–H and O–H groups in total. The Morgan fingerprint density at radius 1 is 1.35 bits per heavy atom. The number of hydrogen-bond donors (Lipinski definition) is 2. The van der Waals surface area contributed by atoms with Gasteiger partial charge < -0.3 is 15.6 Å². The van der Waals surface area contributed by atoms with Crippen LogP contribution in [0.2, 0.25) is 0 Å². The largest absolute Gasteiger partial charge is 0.399 e. The molecule has 1 atom stereocenters. The van der Waals surface area contributed by atoms with Crippen molar-refractivity contribution >= 4 is 22.5 Å². The fourth-order valence-electron chi connectivity index (χ4n) is 2.27. The van der Waals surface area contributed by atoms with Crippen molar-refractivity contribution in [3.8, 4) is 0 Å². The van der Waals surface area contributed by atoms with E-state index in [9.17, 15) is 4.79 Å². The zero-order valence-corrected chi connectivity index (χ0v) is 12.8. The summed E-state index contributed by atoms with van der Waals surface area (Å²) in [5.74, 6) is 0.0310. The van der Waals surface area contributed by atoms with Crippen molar-refractivity contribution in [2.24, 2.45) is 5.41 Å². The Balaban J connectivity index is 2.37. The molecule has 0 aliphatic carbocycles. The van der Waals surface area contributed by atoms with E-state index in [2.05, 4.69) is 32.7 Å². The maximum atomic E-state index is 12.7. The molecule has 1 amide bonds. The molecule has 0 radical (unpaired) electrons. The van der Waals surface area contributed by atoms with Crippen molar-refractivity contribution in [1.82, 2.24) is 9.88 Å². The normalized spacial score (nSPS) is 13.4. The summed E-state index contributed by atoms with van der Waals surface area (Å²) in [6, 6.07) is 5.71. The van der Waals surface area contributed by atoms with Gasteiger partial charge in [0.05, 0.1) is 5.56 Å². The third kappa shape index (κ3) is 2.50. The Kier molecular flexibility index (Phi) is 3.50. The van der Waals surface area contributed by atoms with Gasteiger partial charge in [-0.1, -0.05) is 20.8 Å². The SMILES string of the molecule is CC(N(C)C(=O)c1c[nH]c2cc(N)ccc12)C(C)(C)C. The molecule has 1 aromatic heterocycles. The summed E-state index contributed by atoms with van der Waals surface area (Å²) in [4.78, 5) is 17.6. The molecule has 0 saturated carbocycles. The molecular formula is C16H23N3O. The van der Waals surface area contributed by atoms with Crippen molar-refractivity contribution in [3.63, 3.8) is 0 Å². The molecule has 1 aromatic carbocycles. The second-order valence-electron chi connectivity index (χ2n) is 6.47. The Morgan fingerprint density at radius 2 is 2.00 bits per heavy atom. The minimum absolute atomic E-state index is 0.0310. The van der Waals surface area contributed by atoms with E-state index in [0.717, 1.165) is 10.9 Å². The molecule has 4 nitrogen and oxygen atoms in total. The van der Waals surface area contributed by atoms with Crippen molar-refractivity contribution in [1.29, 1.82) is 0 Å². The van der Waals surface area contributed by atoms with Crippen LogP contribution in [0.5, 0.6) is 0 Å². The predicted molar refractivity (Wildman–Crippen MR) is 83.7 cm³/mol. The molecule has 20 heavy (non-hydrogen) atoms. The lowest BCUT2D eigenvalue weighted by molar-refractivity contribution is 0.0631. The van der Waals surface area contributed by atoms with E-state index in [0.29, 0.717) is 11.3 Å². The number of fused-ring (bicyclic) bond motifs is 1. The first-order chi connectivity index (χ1) is 9.21. The van der Waals surface area contributed by atoms with Crippen molar-refractivity contribution in [2.45, 2.75) is 33.7 Å². The van der Waals surface area contributed by atoms with Crippen LogP contribution in [0.3, 0.4) is 0 Å². The quantitative estimate of drug-likeness (QED) is 0.825. The summed E-state index contributed by atoms with van der Waals surface area (Å²) in [5, 5.41) is 0.914. The first-order valence-electron chi connectivity index (χ1n) is 6.85. The van der Waals surface area contributed by atoms with Crippen LogP contribution in [0, 0.1) is 5.41 Å². The Bertz CT molecular complexity index is 637. The van der Waals surface area contributed by atoms with E-state index in [4.69, 9.17) is 5.73 Å². The maximum absolute atomic E-state index is 12.7. The van der Waals surface area contributed by atoms with Gasteiger partial charge in [0.25, 0.3) is 5.91 Å². The Labute approximate surface area is 120 Å². The molecule has 0 spiro atoms. The number of anilines is 1. The summed E-state index contributed by atoms with van der Waals surface area (Å²) >= 11 is 0. The van der Waals surface area contributed by atoms with Crippen LogP contribution in [-0.2, 0) is 0 Å². The fraction of sp³-hybridized carbons (Fsp3) is 0.438. The van der Waals surface area contributed by atoms with Crippen LogP contribution in [0.25, 0.3) is 10.9 Å². The monoisotopic (exact) mass is 273 g/mol. The van der Waals surface area contributed by atoms with Crippen molar-refractivity contribution < 1.29 is 4.79 Å². The van der Waals surface area contributed by atoms with E-state index in [1.165, 1.54) is 0 Å². The van der Waals surface area contributed by atoms with Gasteiger partial charge >= 0.3 is 0 Å². The topological polar surface area (TPSA) is 62.1 Å². The number of rotatable bonds is 2. The highest BCUT2D eigenvalue weighted by atomic mass is 16.2. The van der Waals surface area contributed by atoms with Crippen LogP contribution < -0.4 is 5.73 Å². The predicted octanol–water partition coefficient (Wildman–Crippen LogP) is 3.26. The van der Waals surface area contributed by atoms with E-state index in [-0.39, 0.29) is 17.4 Å². The van der Waals surface area contributed by atoms with Gasteiger partial charge in [-0.25, -0.2) is 0 Å². The first-order valence-corrected chi connectivity index (χ1v) is 6.85. The minimum Gasteiger partial charge on any atom is -0.399 e. The van der Waals surface area contributed by atoms with Gasteiger partial charge in [-0.15, -0.1) is 0 Å². The number of carbonyl (C=O) groups excluding carboxylic acids is 1. The fourth-order valence-corrected chi connectivity index (χ4v) is 2.27. The molecule has 0 bridgehead atoms. The van der Waals surface area contributed by atoms with Crippen LogP contribution >= 0.6 is 0 Å². The number of amides is 1. The van der Waals surface area contributed by atoms with Gasteiger partial charge in [0.1, 0.15) is 0 Å². The van der Waals surface area contributed by atoms with Crippen molar-refractivity contribution in [3.05, 3.63) is 30.0 Å². The van der Waals surface area contributed by atoms with Gasteiger partial charge in [-0.05, 0) is 30.5 Å². The Hall–Kier alpha value is -1.97. The second kappa shape index (κ2) is 4.85. The van der Waals surface area contributed by atoms with Gasteiger partial charge in [0.15, 0.2) is 0 Å². The zero-order chi connectivity index (χ0) is 15.1. The number of nitrogens with two attached hydrogens (primary N) is 1. The van der Waals surface area contributed by atoms with E-state index >= 15 is 0 Å². The number of nitrogens with one attached hydrogen (secondary N) is 1. The number of hydrogen-bond acceptors (Lipinski definition) is 2. The Morgan fingerprint density at radius 3 is 2.60 bits per heavy atom. The van der Waals surface area contributed by atoms with Crippen LogP contribution in [0.4, 0.5) is 5.69 Å². The number of nitrogens with zero attached hydrogens (tertiary/aromatic N) is 1. The van der Waals surface area contributed by atoms with Gasteiger partial charge in [0.2, 0.25) is 0 Å². The molecule has 0 saturated heterocycles.